The van der Waals surface area contributed by atoms with Crippen LogP contribution in [0.2, 0.25) is 0 Å². The van der Waals surface area contributed by atoms with E-state index in [1.807, 2.05) is 32.0 Å². The number of hydrogen-bond donors (Lipinski definition) is 1. The van der Waals surface area contributed by atoms with Crippen molar-refractivity contribution in [2.75, 3.05) is 11.9 Å². The van der Waals surface area contributed by atoms with E-state index in [4.69, 9.17) is 9.26 Å². The van der Waals surface area contributed by atoms with Crippen LogP contribution in [0.1, 0.15) is 22.6 Å². The van der Waals surface area contributed by atoms with Gasteiger partial charge in [-0.25, -0.2) is 4.98 Å². The van der Waals surface area contributed by atoms with E-state index >= 15 is 0 Å². The molecule has 31 heavy (non-hydrogen) atoms. The third kappa shape index (κ3) is 5.12. The van der Waals surface area contributed by atoms with E-state index in [9.17, 15) is 9.59 Å². The van der Waals surface area contributed by atoms with Gasteiger partial charge in [-0.15, -0.1) is 14.8 Å². The van der Waals surface area contributed by atoms with Crippen molar-refractivity contribution in [3.8, 4) is 5.75 Å². The number of amides is 1. The molecule has 1 aromatic carbocycles. The van der Waals surface area contributed by atoms with Gasteiger partial charge in [0.05, 0.1) is 5.69 Å². The minimum atomic E-state index is -0.317. The molecule has 0 unspecified atom stereocenters. The molecule has 3 aromatic heterocycles. The zero-order valence-corrected chi connectivity index (χ0v) is 18.7. The number of benzene rings is 1. The van der Waals surface area contributed by atoms with Crippen molar-refractivity contribution in [2.45, 2.75) is 30.9 Å². The molecular weight excluding hydrogens is 438 g/mol. The fraction of sp³-hybridized carbons (Fsp3) is 0.250. The lowest BCUT2D eigenvalue weighted by Gasteiger charge is -2.09. The molecular formula is C20H19N5O4S2. The Morgan fingerprint density at radius 1 is 1.23 bits per heavy atom. The number of carbonyl (C=O) groups is 1. The summed E-state index contributed by atoms with van der Waals surface area (Å²) in [5.74, 6) is 1.40. The molecule has 0 spiro atoms. The van der Waals surface area contributed by atoms with Gasteiger partial charge in [-0.3, -0.25) is 14.9 Å². The van der Waals surface area contributed by atoms with Crippen LogP contribution in [0.15, 0.2) is 44.0 Å². The van der Waals surface area contributed by atoms with Gasteiger partial charge in [-0.1, -0.05) is 40.8 Å². The van der Waals surface area contributed by atoms with Crippen LogP contribution in [0.5, 0.6) is 5.75 Å². The second-order valence-corrected chi connectivity index (χ2v) is 9.05. The first-order valence-corrected chi connectivity index (χ1v) is 11.1. The van der Waals surface area contributed by atoms with Crippen molar-refractivity contribution in [3.63, 3.8) is 0 Å². The van der Waals surface area contributed by atoms with Gasteiger partial charge in [0.1, 0.15) is 11.5 Å². The molecule has 0 bridgehead atoms. The van der Waals surface area contributed by atoms with Crippen LogP contribution in [-0.2, 0) is 10.5 Å². The number of carbonyl (C=O) groups excluding carboxylic acids is 1. The van der Waals surface area contributed by atoms with Crippen molar-refractivity contribution in [1.82, 2.24) is 19.8 Å². The molecule has 0 radical (unpaired) electrons. The molecule has 9 nitrogen and oxygen atoms in total. The monoisotopic (exact) mass is 457 g/mol. The third-order valence-electron chi connectivity index (χ3n) is 4.21. The fourth-order valence-corrected chi connectivity index (χ4v) is 4.52. The molecule has 160 valence electrons. The highest BCUT2D eigenvalue weighted by molar-refractivity contribution is 8.00. The average molecular weight is 458 g/mol. The molecule has 4 rings (SSSR count). The number of rotatable bonds is 7. The number of nitrogens with one attached hydrogen (secondary N) is 1. The maximum Gasteiger partial charge on any atom is 0.287 e. The second kappa shape index (κ2) is 8.90. The zero-order chi connectivity index (χ0) is 22.0. The minimum absolute atomic E-state index is 0.121. The van der Waals surface area contributed by atoms with E-state index in [1.165, 1.54) is 29.2 Å². The lowest BCUT2D eigenvalue weighted by molar-refractivity contribution is -0.118. The second-order valence-electron chi connectivity index (χ2n) is 6.85. The van der Waals surface area contributed by atoms with Crippen molar-refractivity contribution >= 4 is 39.8 Å². The summed E-state index contributed by atoms with van der Waals surface area (Å²) in [4.78, 5) is 28.7. The third-order valence-corrected chi connectivity index (χ3v) is 6.22. The van der Waals surface area contributed by atoms with Crippen molar-refractivity contribution in [2.24, 2.45) is 0 Å². The molecule has 11 heteroatoms. The summed E-state index contributed by atoms with van der Waals surface area (Å²) in [6, 6.07) is 8.91. The largest absolute Gasteiger partial charge is 0.483 e. The molecule has 0 saturated carbocycles. The van der Waals surface area contributed by atoms with E-state index in [0.717, 1.165) is 15.7 Å². The number of thioether (sulfide) groups is 1. The first-order chi connectivity index (χ1) is 14.9. The first kappa shape index (κ1) is 21.1. The molecule has 0 fully saturated rings. The summed E-state index contributed by atoms with van der Waals surface area (Å²) in [6.45, 7) is 5.57. The van der Waals surface area contributed by atoms with Gasteiger partial charge < -0.3 is 9.26 Å². The number of nitrogens with zero attached hydrogens (tertiary/aromatic N) is 4. The van der Waals surface area contributed by atoms with E-state index < -0.39 is 0 Å². The molecule has 0 aliphatic heterocycles. The van der Waals surface area contributed by atoms with Gasteiger partial charge >= 0.3 is 0 Å². The van der Waals surface area contributed by atoms with E-state index in [0.29, 0.717) is 38.1 Å². The Labute approximate surface area is 185 Å². The van der Waals surface area contributed by atoms with E-state index in [1.54, 1.807) is 13.0 Å². The van der Waals surface area contributed by atoms with Gasteiger partial charge in [-0.2, -0.15) is 0 Å². The molecule has 3 heterocycles. The highest BCUT2D eigenvalue weighted by Gasteiger charge is 2.12. The van der Waals surface area contributed by atoms with E-state index in [2.05, 4.69) is 20.5 Å². The number of hydrogen-bond acceptors (Lipinski definition) is 9. The highest BCUT2D eigenvalue weighted by atomic mass is 32.2. The Kier molecular flexibility index (Phi) is 6.05. The predicted octanol–water partition coefficient (Wildman–Crippen LogP) is 3.37. The van der Waals surface area contributed by atoms with Crippen LogP contribution in [0.4, 0.5) is 5.13 Å². The van der Waals surface area contributed by atoms with Crippen molar-refractivity contribution in [1.29, 1.82) is 0 Å². The lowest BCUT2D eigenvalue weighted by atomic mass is 10.1. The summed E-state index contributed by atoms with van der Waals surface area (Å²) in [6.07, 6.45) is 0. The number of fused-ring (bicyclic) bond motifs is 1. The van der Waals surface area contributed by atoms with Gasteiger partial charge in [0, 0.05) is 17.9 Å². The number of anilines is 1. The molecule has 0 saturated heterocycles. The molecule has 1 amide bonds. The summed E-state index contributed by atoms with van der Waals surface area (Å²) < 4.78 is 12.7. The Hall–Kier alpha value is -3.18. The number of ether oxygens (including phenoxy) is 1. The molecule has 0 aliphatic carbocycles. The average Bonchev–Trinajstić information content (AvgIpc) is 3.31. The Morgan fingerprint density at radius 3 is 2.87 bits per heavy atom. The Bertz CT molecular complexity index is 1310. The predicted molar refractivity (Wildman–Crippen MR) is 118 cm³/mol. The number of aromatic nitrogens is 4. The maximum atomic E-state index is 12.2. The lowest BCUT2D eigenvalue weighted by Crippen LogP contribution is -2.20. The summed E-state index contributed by atoms with van der Waals surface area (Å²) >= 11 is 2.62. The number of aryl methyl sites for hydroxylation is 3. The smallest absolute Gasteiger partial charge is 0.287 e. The Balaban J connectivity index is 1.32. The summed E-state index contributed by atoms with van der Waals surface area (Å²) in [7, 11) is 0. The zero-order valence-electron chi connectivity index (χ0n) is 17.0. The topological polar surface area (TPSA) is 112 Å². The van der Waals surface area contributed by atoms with Gasteiger partial charge in [0.2, 0.25) is 5.13 Å². The van der Waals surface area contributed by atoms with Crippen LogP contribution in [-0.4, -0.2) is 32.3 Å². The van der Waals surface area contributed by atoms with Gasteiger partial charge in [-0.05, 0) is 32.4 Å². The van der Waals surface area contributed by atoms with Crippen LogP contribution in [0, 0.1) is 20.8 Å². The van der Waals surface area contributed by atoms with Crippen molar-refractivity contribution in [3.05, 3.63) is 63.3 Å². The first-order valence-electron chi connectivity index (χ1n) is 9.33. The normalized spacial score (nSPS) is 11.1. The van der Waals surface area contributed by atoms with Crippen LogP contribution in [0.3, 0.4) is 0 Å². The molecule has 1 N–H and O–H groups in total. The summed E-state index contributed by atoms with van der Waals surface area (Å²) in [5, 5.41) is 11.1. The standard InChI is InChI=1S/C20H19N5O4S2/c1-11-4-5-15(12(2)6-11)28-9-17(26)22-19-23-24-20(31-19)30-10-14-8-18(27)25-16(21-14)7-13(3)29-25/h4-8H,9-10H2,1-3H3,(H,22,23,26). The molecule has 0 aliphatic rings. The SMILES string of the molecule is Cc1ccc(OCC(=O)Nc2nnc(SCc3cc(=O)n4oc(C)cc4n3)s2)c(C)c1. The van der Waals surface area contributed by atoms with Crippen LogP contribution in [0.25, 0.3) is 5.65 Å². The fourth-order valence-electron chi connectivity index (χ4n) is 2.86. The summed E-state index contributed by atoms with van der Waals surface area (Å²) in [5.41, 5.74) is 2.91. The highest BCUT2D eigenvalue weighted by Crippen LogP contribution is 2.28. The van der Waals surface area contributed by atoms with Gasteiger partial charge in [0.25, 0.3) is 11.5 Å². The van der Waals surface area contributed by atoms with Crippen LogP contribution >= 0.6 is 23.1 Å². The van der Waals surface area contributed by atoms with Crippen LogP contribution < -0.4 is 15.6 Å². The molecule has 4 aromatic rings. The van der Waals surface area contributed by atoms with Gasteiger partial charge in [0.15, 0.2) is 16.6 Å². The van der Waals surface area contributed by atoms with E-state index in [-0.39, 0.29) is 18.1 Å². The Morgan fingerprint density at radius 2 is 2.06 bits per heavy atom. The quantitative estimate of drug-likeness (QED) is 0.332. The molecule has 0 atom stereocenters. The van der Waals surface area contributed by atoms with Crippen molar-refractivity contribution < 1.29 is 14.1 Å². The maximum absolute atomic E-state index is 12.2. The minimum Gasteiger partial charge on any atom is -0.483 e.